The van der Waals surface area contributed by atoms with Crippen LogP contribution in [-0.2, 0) is 0 Å². The lowest BCUT2D eigenvalue weighted by atomic mass is 10.1. The van der Waals surface area contributed by atoms with Crippen molar-refractivity contribution in [3.05, 3.63) is 33.4 Å². The van der Waals surface area contributed by atoms with Gasteiger partial charge in [-0.3, -0.25) is 9.89 Å². The van der Waals surface area contributed by atoms with E-state index in [0.717, 1.165) is 11.3 Å². The molecule has 0 fully saturated rings. The molecule has 3 aromatic rings. The van der Waals surface area contributed by atoms with Crippen molar-refractivity contribution >= 4 is 22.4 Å². The summed E-state index contributed by atoms with van der Waals surface area (Å²) < 4.78 is -0.182. The molecule has 6 nitrogen and oxygen atoms in total. The molecule has 0 unspecified atom stereocenters. The zero-order chi connectivity index (χ0) is 13.6. The van der Waals surface area contributed by atoms with E-state index in [-0.39, 0.29) is 16.2 Å². The summed E-state index contributed by atoms with van der Waals surface area (Å²) in [6.45, 7) is 1.59. The molecule has 0 saturated carbocycles. The van der Waals surface area contributed by atoms with Crippen LogP contribution in [0.15, 0.2) is 23.1 Å². The van der Waals surface area contributed by atoms with Crippen molar-refractivity contribution in [1.82, 2.24) is 15.2 Å². The fourth-order valence-electron chi connectivity index (χ4n) is 1.76. The summed E-state index contributed by atoms with van der Waals surface area (Å²) in [6.07, 6.45) is 1.42. The number of nitrogens with one attached hydrogen (secondary N) is 1. The van der Waals surface area contributed by atoms with Crippen molar-refractivity contribution in [3.8, 4) is 22.1 Å². The van der Waals surface area contributed by atoms with Crippen LogP contribution in [0.4, 0.5) is 0 Å². The molecule has 0 radical (unpaired) electrons. The normalized spacial score (nSPS) is 11.0. The summed E-state index contributed by atoms with van der Waals surface area (Å²) >= 11 is 0.925. The molecule has 0 amide bonds. The van der Waals surface area contributed by atoms with Gasteiger partial charge >= 0.3 is 0 Å². The number of hydrogen-bond donors (Lipinski definition) is 3. The van der Waals surface area contributed by atoms with Crippen molar-refractivity contribution in [2.75, 3.05) is 0 Å². The number of aromatic amines is 1. The molecule has 0 aliphatic rings. The zero-order valence-corrected chi connectivity index (χ0v) is 10.7. The van der Waals surface area contributed by atoms with Gasteiger partial charge in [0.2, 0.25) is 4.74 Å². The van der Waals surface area contributed by atoms with Gasteiger partial charge in [0, 0.05) is 5.56 Å². The van der Waals surface area contributed by atoms with E-state index in [9.17, 15) is 15.0 Å². The van der Waals surface area contributed by atoms with Gasteiger partial charge in [-0.25, -0.2) is 4.98 Å². The van der Waals surface area contributed by atoms with Crippen LogP contribution >= 0.6 is 11.3 Å². The van der Waals surface area contributed by atoms with Gasteiger partial charge in [0.25, 0.3) is 0 Å². The van der Waals surface area contributed by atoms with E-state index in [1.165, 1.54) is 18.3 Å². The molecule has 2 aromatic heterocycles. The Morgan fingerprint density at radius 1 is 1.32 bits per heavy atom. The predicted octanol–water partition coefficient (Wildman–Crippen LogP) is 1.77. The van der Waals surface area contributed by atoms with E-state index in [1.54, 1.807) is 6.92 Å². The first-order chi connectivity index (χ1) is 9.08. The summed E-state index contributed by atoms with van der Waals surface area (Å²) in [7, 11) is 0. The van der Waals surface area contributed by atoms with Crippen molar-refractivity contribution in [1.29, 1.82) is 0 Å². The topological polar surface area (TPSA) is 99.1 Å². The van der Waals surface area contributed by atoms with Gasteiger partial charge < -0.3 is 10.2 Å². The van der Waals surface area contributed by atoms with Crippen molar-refractivity contribution in [2.24, 2.45) is 0 Å². The van der Waals surface area contributed by atoms with Crippen LogP contribution in [0.3, 0.4) is 0 Å². The lowest BCUT2D eigenvalue weighted by Gasteiger charge is -2.07. The largest absolute Gasteiger partial charge is 0.508 e. The molecule has 2 heterocycles. The maximum Gasteiger partial charge on any atom is 0.246 e. The molecule has 3 rings (SSSR count). The van der Waals surface area contributed by atoms with Crippen molar-refractivity contribution in [2.45, 2.75) is 6.92 Å². The van der Waals surface area contributed by atoms with Gasteiger partial charge in [-0.2, -0.15) is 5.10 Å². The highest BCUT2D eigenvalue weighted by Gasteiger charge is 2.14. The van der Waals surface area contributed by atoms with E-state index in [1.807, 2.05) is 0 Å². The summed E-state index contributed by atoms with van der Waals surface area (Å²) in [5.74, 6) is -0.0850. The number of benzene rings is 1. The van der Waals surface area contributed by atoms with Gasteiger partial charge in [0.05, 0.1) is 17.1 Å². The Kier molecular flexibility index (Phi) is 2.49. The molecule has 1 aromatic carbocycles. The van der Waals surface area contributed by atoms with Gasteiger partial charge in [-0.15, -0.1) is 0 Å². The molecule has 0 bridgehead atoms. The number of aromatic nitrogens is 3. The van der Waals surface area contributed by atoms with Crippen LogP contribution in [-0.4, -0.2) is 25.4 Å². The SMILES string of the molecule is Cc1c(O)ccc(-c2nc3[nH]ncc3c(=O)s2)c1O. The zero-order valence-electron chi connectivity index (χ0n) is 9.84. The smallest absolute Gasteiger partial charge is 0.246 e. The average Bonchev–Trinajstić information content (AvgIpc) is 2.85. The Bertz CT molecular complexity index is 838. The number of fused-ring (bicyclic) bond motifs is 1. The number of H-pyrrole nitrogens is 1. The minimum Gasteiger partial charge on any atom is -0.508 e. The Morgan fingerprint density at radius 2 is 2.11 bits per heavy atom. The summed E-state index contributed by atoms with van der Waals surface area (Å²) in [5, 5.41) is 26.7. The number of hydrogen-bond acceptors (Lipinski definition) is 6. The summed E-state index contributed by atoms with van der Waals surface area (Å²) in [4.78, 5) is 16.1. The maximum atomic E-state index is 11.9. The first kappa shape index (κ1) is 11.7. The predicted molar refractivity (Wildman–Crippen MR) is 71.5 cm³/mol. The molecular weight excluding hydrogens is 266 g/mol. The third-order valence-electron chi connectivity index (χ3n) is 2.87. The number of phenolic OH excluding ortho intramolecular Hbond substituents is 2. The lowest BCUT2D eigenvalue weighted by Crippen LogP contribution is -1.97. The second kappa shape index (κ2) is 4.06. The highest BCUT2D eigenvalue weighted by Crippen LogP contribution is 2.36. The molecule has 19 heavy (non-hydrogen) atoms. The third-order valence-corrected chi connectivity index (χ3v) is 3.78. The molecule has 0 saturated heterocycles. The summed E-state index contributed by atoms with van der Waals surface area (Å²) in [5.41, 5.74) is 1.14. The van der Waals surface area contributed by atoms with Crippen molar-refractivity contribution < 1.29 is 10.2 Å². The van der Waals surface area contributed by atoms with Gasteiger partial charge in [-0.1, -0.05) is 11.3 Å². The van der Waals surface area contributed by atoms with Crippen LogP contribution in [0.25, 0.3) is 21.6 Å². The Hall–Kier alpha value is -2.41. The molecule has 0 spiro atoms. The molecule has 0 atom stereocenters. The number of aromatic hydroxyl groups is 2. The van der Waals surface area contributed by atoms with E-state index in [0.29, 0.717) is 27.2 Å². The molecule has 96 valence electrons. The van der Waals surface area contributed by atoms with E-state index >= 15 is 0 Å². The van der Waals surface area contributed by atoms with E-state index < -0.39 is 0 Å². The maximum absolute atomic E-state index is 11.9. The molecule has 7 heteroatoms. The highest BCUT2D eigenvalue weighted by molar-refractivity contribution is 7.13. The van der Waals surface area contributed by atoms with E-state index in [2.05, 4.69) is 15.2 Å². The first-order valence-corrected chi connectivity index (χ1v) is 6.25. The van der Waals surface area contributed by atoms with Gasteiger partial charge in [0.15, 0.2) is 5.65 Å². The van der Waals surface area contributed by atoms with Gasteiger partial charge in [-0.05, 0) is 19.1 Å². The van der Waals surface area contributed by atoms with Crippen LogP contribution in [0, 0.1) is 6.92 Å². The fraction of sp³-hybridized carbons (Fsp3) is 0.0833. The number of nitrogens with zero attached hydrogens (tertiary/aromatic N) is 2. The quantitative estimate of drug-likeness (QED) is 0.628. The lowest BCUT2D eigenvalue weighted by molar-refractivity contribution is 0.444. The minimum atomic E-state index is -0.182. The van der Waals surface area contributed by atoms with Crippen LogP contribution in [0.1, 0.15) is 5.56 Å². The molecular formula is C12H9N3O3S. The van der Waals surface area contributed by atoms with Crippen LogP contribution in [0.5, 0.6) is 11.5 Å². The second-order valence-corrected chi connectivity index (χ2v) is 5.01. The third kappa shape index (κ3) is 1.75. The second-order valence-electron chi connectivity index (χ2n) is 4.04. The van der Waals surface area contributed by atoms with Crippen molar-refractivity contribution in [3.63, 3.8) is 0 Å². The standard InChI is InChI=1S/C12H9N3O3S/c1-5-8(16)3-2-6(9(5)17)11-14-10-7(4-13-15-10)12(18)19-11/h2-4,16-17H,1H3,(H,13,15). The van der Waals surface area contributed by atoms with Crippen LogP contribution in [0.2, 0.25) is 0 Å². The molecule has 0 aliphatic heterocycles. The molecule has 3 N–H and O–H groups in total. The number of phenols is 2. The summed E-state index contributed by atoms with van der Waals surface area (Å²) in [6, 6.07) is 2.98. The average molecular weight is 275 g/mol. The Morgan fingerprint density at radius 3 is 2.89 bits per heavy atom. The molecule has 0 aliphatic carbocycles. The Labute approximate surface area is 111 Å². The van der Waals surface area contributed by atoms with Crippen LogP contribution < -0.4 is 4.74 Å². The first-order valence-electron chi connectivity index (χ1n) is 5.44. The monoisotopic (exact) mass is 275 g/mol. The number of rotatable bonds is 1. The Balaban J connectivity index is 2.30. The van der Waals surface area contributed by atoms with E-state index in [4.69, 9.17) is 0 Å². The van der Waals surface area contributed by atoms with Gasteiger partial charge in [0.1, 0.15) is 16.5 Å². The fourth-order valence-corrected chi connectivity index (χ4v) is 2.60. The minimum absolute atomic E-state index is 0.00350. The highest BCUT2D eigenvalue weighted by atomic mass is 32.1.